The number of guanidine groups is 1. The fourth-order valence-corrected chi connectivity index (χ4v) is 2.47. The van der Waals surface area contributed by atoms with Crippen LogP contribution in [-0.2, 0) is 0 Å². The van der Waals surface area contributed by atoms with Crippen molar-refractivity contribution >= 4 is 23.2 Å². The van der Waals surface area contributed by atoms with Gasteiger partial charge in [-0.2, -0.15) is 0 Å². The summed E-state index contributed by atoms with van der Waals surface area (Å²) in [5.41, 5.74) is 6.64. The van der Waals surface area contributed by atoms with Crippen LogP contribution in [-0.4, -0.2) is 28.7 Å². The Balaban J connectivity index is 1.60. The van der Waals surface area contributed by atoms with E-state index in [9.17, 15) is 5.26 Å². The van der Waals surface area contributed by atoms with E-state index < -0.39 is 0 Å². The minimum Gasteiger partial charge on any atom is -0.494 e. The zero-order chi connectivity index (χ0) is 18.6. The number of nitriles is 1. The summed E-state index contributed by atoms with van der Waals surface area (Å²) < 4.78 is 7.00. The molecule has 3 N–H and O–H groups in total. The van der Waals surface area contributed by atoms with Crippen molar-refractivity contribution < 1.29 is 9.31 Å². The monoisotopic (exact) mass is 372 g/mol. The van der Waals surface area contributed by atoms with Crippen LogP contribution in [0.2, 0.25) is 5.02 Å². The van der Waals surface area contributed by atoms with Crippen LogP contribution >= 0.6 is 11.6 Å². The van der Waals surface area contributed by atoms with E-state index in [4.69, 9.17) is 22.1 Å². The Hall–Kier alpha value is -2.78. The molecule has 2 rings (SSSR count). The molecule has 0 radical (unpaired) electrons. The number of benzene rings is 1. The molecule has 1 heterocycles. The van der Waals surface area contributed by atoms with Gasteiger partial charge in [0, 0.05) is 17.4 Å². The number of rotatable bonds is 9. The van der Waals surface area contributed by atoms with Crippen LogP contribution in [0.1, 0.15) is 25.7 Å². The van der Waals surface area contributed by atoms with Crippen molar-refractivity contribution in [1.82, 2.24) is 10.3 Å². The van der Waals surface area contributed by atoms with Gasteiger partial charge in [0.2, 0.25) is 0 Å². The Morgan fingerprint density at radius 1 is 1.12 bits per heavy atom. The minimum atomic E-state index is 0.324. The number of ether oxygens (including phenoxy) is 1. The molecular weight excluding hydrogens is 350 g/mol. The maximum absolute atomic E-state index is 9.25. The Kier molecular flexibility index (Phi) is 8.24. The lowest BCUT2D eigenvalue weighted by atomic mass is 10.2. The van der Waals surface area contributed by atoms with Gasteiger partial charge in [0.25, 0.3) is 0 Å². The Morgan fingerprint density at radius 2 is 1.81 bits per heavy atom. The summed E-state index contributed by atoms with van der Waals surface area (Å²) in [5.74, 6) is 1.16. The van der Waals surface area contributed by atoms with Crippen molar-refractivity contribution in [3.8, 4) is 11.9 Å². The first-order valence-electron chi connectivity index (χ1n) is 8.55. The molecule has 0 saturated carbocycles. The zero-order valence-corrected chi connectivity index (χ0v) is 15.3. The van der Waals surface area contributed by atoms with Crippen LogP contribution < -0.4 is 15.8 Å². The molecule has 2 aromatic rings. The third kappa shape index (κ3) is 6.61. The van der Waals surface area contributed by atoms with Gasteiger partial charge in [-0.05, 0) is 60.9 Å². The van der Waals surface area contributed by atoms with E-state index in [1.165, 1.54) is 4.58 Å². The molecule has 0 saturated heterocycles. The topological polar surface area (TPSA) is 87.0 Å². The third-order valence-corrected chi connectivity index (χ3v) is 3.97. The molecule has 1 aromatic carbocycles. The van der Waals surface area contributed by atoms with Crippen LogP contribution in [0.15, 0.2) is 48.8 Å². The number of halogens is 1. The second-order valence-corrected chi connectivity index (χ2v) is 6.11. The average molecular weight is 373 g/mol. The molecule has 26 heavy (non-hydrogen) atoms. The number of hydrogen-bond acceptors (Lipinski definition) is 3. The number of pyridine rings is 1. The number of nitrogens with two attached hydrogens (primary N) is 1. The highest BCUT2D eigenvalue weighted by atomic mass is 35.5. The lowest BCUT2D eigenvalue weighted by Gasteiger charge is -2.07. The van der Waals surface area contributed by atoms with Crippen LogP contribution in [0.3, 0.4) is 0 Å². The summed E-state index contributed by atoms with van der Waals surface area (Å²) in [6, 6.07) is 10.8. The highest BCUT2D eigenvalue weighted by Gasteiger charge is 2.08. The van der Waals surface area contributed by atoms with Crippen LogP contribution in [0.5, 0.6) is 5.75 Å². The van der Waals surface area contributed by atoms with Crippen molar-refractivity contribution in [3.63, 3.8) is 0 Å². The predicted molar refractivity (Wildman–Crippen MR) is 102 cm³/mol. The standard InChI is InChI=1S/C19H22ClN5O/c20-16-5-7-18(8-6-16)26-14-4-2-1-3-11-24-19(22)25(15-21)17-9-12-23-13-10-17/h5-10,12-13H,1-4,11,14H2,(H2,22,24)/p+1. The summed E-state index contributed by atoms with van der Waals surface area (Å²) in [7, 11) is 0. The first-order valence-corrected chi connectivity index (χ1v) is 8.93. The van der Waals surface area contributed by atoms with E-state index in [1.807, 2.05) is 24.3 Å². The molecule has 0 aliphatic carbocycles. The largest absolute Gasteiger partial charge is 0.494 e. The SMILES string of the molecule is N#C[N+](=C(N)NCCCCCCOc1ccc(Cl)cc1)c1ccncc1. The van der Waals surface area contributed by atoms with Crippen LogP contribution in [0.25, 0.3) is 0 Å². The first-order chi connectivity index (χ1) is 12.7. The van der Waals surface area contributed by atoms with Gasteiger partial charge in [-0.15, -0.1) is 4.58 Å². The average Bonchev–Trinajstić information content (AvgIpc) is 2.67. The van der Waals surface area contributed by atoms with Gasteiger partial charge in [0.15, 0.2) is 0 Å². The van der Waals surface area contributed by atoms with E-state index in [2.05, 4.69) is 16.5 Å². The van der Waals surface area contributed by atoms with Crippen LogP contribution in [0.4, 0.5) is 5.69 Å². The molecule has 136 valence electrons. The van der Waals surface area contributed by atoms with Crippen molar-refractivity contribution in [2.24, 2.45) is 5.73 Å². The zero-order valence-electron chi connectivity index (χ0n) is 14.6. The van der Waals surface area contributed by atoms with E-state index in [0.717, 1.165) is 31.4 Å². The number of nitrogens with one attached hydrogen (secondary N) is 1. The van der Waals surface area contributed by atoms with E-state index >= 15 is 0 Å². The maximum Gasteiger partial charge on any atom is 0.331 e. The Labute approximate surface area is 158 Å². The van der Waals surface area contributed by atoms with E-state index in [-0.39, 0.29) is 0 Å². The van der Waals surface area contributed by atoms with Crippen LogP contribution in [0, 0.1) is 11.5 Å². The summed E-state index contributed by atoms with van der Waals surface area (Å²) in [6.45, 7) is 1.40. The fraction of sp³-hybridized carbons (Fsp3) is 0.316. The molecular formula is C19H23ClN5O+. The number of unbranched alkanes of at least 4 members (excludes halogenated alkanes) is 3. The normalized spacial score (nSPS) is 11.4. The molecule has 1 aromatic heterocycles. The molecule has 6 nitrogen and oxygen atoms in total. The maximum atomic E-state index is 9.25. The number of aromatic nitrogens is 1. The summed E-state index contributed by atoms with van der Waals surface area (Å²) in [5, 5.41) is 13.0. The van der Waals surface area contributed by atoms with Gasteiger partial charge >= 0.3 is 12.2 Å². The predicted octanol–water partition coefficient (Wildman–Crippen LogP) is 3.40. The van der Waals surface area contributed by atoms with Gasteiger partial charge in [0.1, 0.15) is 11.4 Å². The molecule has 7 heteroatoms. The van der Waals surface area contributed by atoms with Gasteiger partial charge in [0.05, 0.1) is 13.2 Å². The molecule has 0 bridgehead atoms. The molecule has 0 aliphatic heterocycles. The minimum absolute atomic E-state index is 0.324. The Bertz CT molecular complexity index is 741. The summed E-state index contributed by atoms with van der Waals surface area (Å²) >= 11 is 5.83. The molecule has 0 unspecified atom stereocenters. The molecule has 0 atom stereocenters. The van der Waals surface area contributed by atoms with E-state index in [1.54, 1.807) is 24.5 Å². The van der Waals surface area contributed by atoms with Crippen molar-refractivity contribution in [2.75, 3.05) is 13.2 Å². The van der Waals surface area contributed by atoms with Crippen molar-refractivity contribution in [3.05, 3.63) is 53.8 Å². The van der Waals surface area contributed by atoms with Crippen molar-refractivity contribution in [2.45, 2.75) is 25.7 Å². The molecule has 0 fully saturated rings. The lowest BCUT2D eigenvalue weighted by Crippen LogP contribution is -2.38. The second-order valence-electron chi connectivity index (χ2n) is 5.67. The third-order valence-electron chi connectivity index (χ3n) is 3.72. The van der Waals surface area contributed by atoms with Gasteiger partial charge in [-0.25, -0.2) is 0 Å². The first kappa shape index (κ1) is 19.5. The molecule has 0 aliphatic rings. The molecule has 0 spiro atoms. The second kappa shape index (κ2) is 11.0. The number of nitrogens with zero attached hydrogens (tertiary/aromatic N) is 3. The quantitative estimate of drug-likeness (QED) is 0.176. The van der Waals surface area contributed by atoms with E-state index in [0.29, 0.717) is 29.8 Å². The van der Waals surface area contributed by atoms with Gasteiger partial charge in [-0.3, -0.25) is 10.3 Å². The molecule has 0 amide bonds. The van der Waals surface area contributed by atoms with Gasteiger partial charge < -0.3 is 10.5 Å². The highest BCUT2D eigenvalue weighted by Crippen LogP contribution is 2.15. The van der Waals surface area contributed by atoms with Crippen molar-refractivity contribution in [1.29, 1.82) is 5.26 Å². The lowest BCUT2D eigenvalue weighted by molar-refractivity contribution is -0.344. The highest BCUT2D eigenvalue weighted by molar-refractivity contribution is 6.30. The Morgan fingerprint density at radius 3 is 2.50 bits per heavy atom. The summed E-state index contributed by atoms with van der Waals surface area (Å²) in [6.07, 6.45) is 9.40. The summed E-state index contributed by atoms with van der Waals surface area (Å²) in [4.78, 5) is 3.93. The van der Waals surface area contributed by atoms with Gasteiger partial charge in [-0.1, -0.05) is 18.0 Å². The fourth-order valence-electron chi connectivity index (χ4n) is 2.34. The number of hydrogen-bond donors (Lipinski definition) is 2. The smallest absolute Gasteiger partial charge is 0.331 e.